The van der Waals surface area contributed by atoms with E-state index in [2.05, 4.69) is 256 Å². The van der Waals surface area contributed by atoms with Gasteiger partial charge in [-0.15, -0.1) is 0 Å². The molecule has 3 saturated carbocycles. The minimum Gasteiger partial charge on any atom is -0.508 e. The Morgan fingerprint density at radius 2 is 0.699 bits per heavy atom. The van der Waals surface area contributed by atoms with Crippen LogP contribution in [0.3, 0.4) is 0 Å². The van der Waals surface area contributed by atoms with Crippen molar-refractivity contribution in [3.8, 4) is 23.0 Å². The summed E-state index contributed by atoms with van der Waals surface area (Å²) in [6.45, 7) is 44.0. The zero-order valence-electron chi connectivity index (χ0n) is 83.7. The number of esters is 1. The second-order valence-electron chi connectivity index (χ2n) is 36.5. The number of phenolic OH excluding ortho intramolecular Hbond substituents is 2. The third-order valence-electron chi connectivity index (χ3n) is 26.1. The van der Waals surface area contributed by atoms with E-state index in [9.17, 15) is 4.79 Å². The van der Waals surface area contributed by atoms with Gasteiger partial charge in [-0.2, -0.15) is 15.3 Å². The summed E-state index contributed by atoms with van der Waals surface area (Å²) in [4.78, 5) is 12.0. The van der Waals surface area contributed by atoms with Crippen molar-refractivity contribution < 1.29 is 38.7 Å². The van der Waals surface area contributed by atoms with Crippen LogP contribution in [0.4, 0.5) is 0 Å². The van der Waals surface area contributed by atoms with Crippen LogP contribution in [-0.2, 0) is 36.3 Å². The summed E-state index contributed by atoms with van der Waals surface area (Å²) >= 11 is 24.8. The molecular weight excluding hydrogens is 1820 g/mol. The van der Waals surface area contributed by atoms with Gasteiger partial charge in [0.15, 0.2) is 37.5 Å². The minimum absolute atomic E-state index is 0.0197. The summed E-state index contributed by atoms with van der Waals surface area (Å²) in [6, 6.07) is 58.4. The number of aromatic nitrogens is 6. The molecule has 7 aromatic carbocycles. The molecule has 23 heteroatoms. The first-order chi connectivity index (χ1) is 63.9. The lowest BCUT2D eigenvalue weighted by Gasteiger charge is -2.32. The van der Waals surface area contributed by atoms with Gasteiger partial charge in [-0.3, -0.25) is 20.1 Å². The first kappa shape index (κ1) is 115. The number of H-pyrrole nitrogens is 3. The van der Waals surface area contributed by atoms with Gasteiger partial charge in [-0.05, 0) is 319 Å². The number of hydrogen-bond acceptors (Lipinski definition) is 20. The van der Waals surface area contributed by atoms with Gasteiger partial charge in [0.25, 0.3) is 0 Å². The molecule has 0 radical (unpaired) electrons. The normalized spacial score (nSPS) is 15.6. The quantitative estimate of drug-likeness (QED) is 0.0107. The van der Waals surface area contributed by atoms with E-state index >= 15 is 0 Å². The van der Waals surface area contributed by atoms with Gasteiger partial charge < -0.3 is 33.9 Å². The number of aromatic amines is 3. The number of thioether (sulfide) groups is 3. The maximum atomic E-state index is 12.0. The zero-order chi connectivity index (χ0) is 97.1. The fourth-order valence-electron chi connectivity index (χ4n) is 14.9. The maximum absolute atomic E-state index is 12.0. The average molecular weight is 1980 g/mol. The highest BCUT2D eigenvalue weighted by Crippen LogP contribution is 2.40. The molecule has 3 fully saturated rings. The Morgan fingerprint density at radius 1 is 0.414 bits per heavy atom. The van der Waals surface area contributed by atoms with Crippen LogP contribution in [0.25, 0.3) is 0 Å². The van der Waals surface area contributed by atoms with Gasteiger partial charge in [-0.25, -0.2) is 0 Å². The lowest BCUT2D eigenvalue weighted by molar-refractivity contribution is -0.170. The fraction of sp³-hybridized carbons (Fsp3) is 0.555. The van der Waals surface area contributed by atoms with Crippen LogP contribution in [0.15, 0.2) is 183 Å². The van der Waals surface area contributed by atoms with Crippen molar-refractivity contribution >= 4 is 112 Å². The van der Waals surface area contributed by atoms with Crippen LogP contribution in [0.1, 0.15) is 390 Å². The smallest absolute Gasteiger partial charge is 0.312 e. The molecular formula is C110H160N6O8S9. The molecule has 732 valence electrons. The first-order valence-corrected chi connectivity index (χ1v) is 55.9. The van der Waals surface area contributed by atoms with Crippen LogP contribution in [-0.4, -0.2) is 77.7 Å². The van der Waals surface area contributed by atoms with Gasteiger partial charge in [0.05, 0.1) is 18.1 Å². The van der Waals surface area contributed by atoms with Crippen molar-refractivity contribution in [2.45, 2.75) is 389 Å². The van der Waals surface area contributed by atoms with E-state index in [1.54, 1.807) is 59.6 Å². The second kappa shape index (κ2) is 63.9. The summed E-state index contributed by atoms with van der Waals surface area (Å²) in [7, 11) is 0. The number of hydrogen-bond donors (Lipinski definition) is 5. The second-order valence-corrected chi connectivity index (χ2v) is 45.2. The predicted octanol–water partition coefficient (Wildman–Crippen LogP) is 35.7. The van der Waals surface area contributed by atoms with Crippen LogP contribution < -0.4 is 9.47 Å². The van der Waals surface area contributed by atoms with Gasteiger partial charge in [0.1, 0.15) is 28.6 Å². The lowest BCUT2D eigenvalue weighted by Crippen LogP contribution is -2.37. The van der Waals surface area contributed by atoms with Crippen molar-refractivity contribution in [1.29, 1.82) is 0 Å². The number of carbonyl (C=O) groups is 1. The number of nitrogens with zero attached hydrogens (tertiary/aromatic N) is 3. The fourth-order valence-corrected chi connectivity index (χ4v) is 21.0. The molecule has 3 aliphatic carbocycles. The van der Waals surface area contributed by atoms with E-state index in [0.717, 1.165) is 105 Å². The monoisotopic (exact) mass is 1980 g/mol. The van der Waals surface area contributed by atoms with E-state index in [4.69, 9.17) is 70.6 Å². The van der Waals surface area contributed by atoms with Gasteiger partial charge >= 0.3 is 5.97 Å². The Bertz CT molecular complexity index is 4610. The molecule has 10 aromatic rings. The molecule has 9 atom stereocenters. The standard InChI is InChI=1S/C20H32O2.C18H28O2.3C13H16N2S3.C13H24O2.2C10H14O/c1-4-16(2)19-10-12-20(13-11-19)22-17(3)21-15-14-18-8-6-5-7-9-18;1-4-14(2)16-10-12-18(13-11-16)20-15(3)19-17-8-6-5-7-9-17;3*1-3-9(2)11-6-4-10(5-7-11)8-17-13-15-14-12(16)18-13;1-5-12(3,4)11(14)15-13(6-2)9-7-8-10-13;2*1-3-8(2)9-4-6-10(11)7-5-9/h10-13,16-18H,4-9,14-15H2,1-3H3;10-15,17H,4-9H2,1-3H3;3*4-7,9H,3,8H2,1-2H3,(H,14,16);5-10H2,1-4H3;2*4-8,11H,3H2,1-2H3. The Labute approximate surface area is 841 Å². The van der Waals surface area contributed by atoms with Crippen LogP contribution >= 0.6 is 106 Å². The third kappa shape index (κ3) is 44.5. The summed E-state index contributed by atoms with van der Waals surface area (Å²) in [5.74, 6) is 10.5. The molecule has 9 unspecified atom stereocenters. The van der Waals surface area contributed by atoms with Crippen LogP contribution in [0.5, 0.6) is 23.0 Å². The number of phenols is 2. The van der Waals surface area contributed by atoms with Crippen LogP contribution in [0.2, 0.25) is 0 Å². The number of benzene rings is 7. The van der Waals surface area contributed by atoms with E-state index in [1.165, 1.54) is 205 Å². The van der Waals surface area contributed by atoms with Gasteiger partial charge in [0.2, 0.25) is 0 Å². The number of carbonyl (C=O) groups excluding carboxylic acids is 1. The average Bonchev–Trinajstić information content (AvgIpc) is 1.73. The van der Waals surface area contributed by atoms with Gasteiger partial charge in [0, 0.05) is 17.3 Å². The van der Waals surface area contributed by atoms with E-state index in [-0.39, 0.29) is 29.6 Å². The van der Waals surface area contributed by atoms with Gasteiger partial charge in [-0.1, -0.05) is 353 Å². The molecule has 0 bridgehead atoms. The first-order valence-electron chi connectivity index (χ1n) is 49.3. The molecule has 14 nitrogen and oxygen atoms in total. The summed E-state index contributed by atoms with van der Waals surface area (Å²) in [6.07, 6.45) is 29.0. The van der Waals surface area contributed by atoms with Crippen molar-refractivity contribution in [2.24, 2.45) is 11.3 Å². The molecule has 133 heavy (non-hydrogen) atoms. The van der Waals surface area contributed by atoms with Crippen molar-refractivity contribution in [3.05, 3.63) is 237 Å². The number of aromatic hydroxyl groups is 2. The Kier molecular flexibility index (Phi) is 55.4. The molecule has 5 N–H and O–H groups in total. The third-order valence-corrected chi connectivity index (χ3v) is 33.1. The van der Waals surface area contributed by atoms with E-state index in [1.807, 2.05) is 58.9 Å². The molecule has 0 amide bonds. The number of rotatable bonds is 37. The van der Waals surface area contributed by atoms with E-state index in [0.29, 0.717) is 59.0 Å². The summed E-state index contributed by atoms with van der Waals surface area (Å²) < 4.78 is 34.5. The molecule has 13 rings (SSSR count). The highest BCUT2D eigenvalue weighted by atomic mass is 32.2. The van der Waals surface area contributed by atoms with Crippen LogP contribution in [0, 0.1) is 23.2 Å². The highest BCUT2D eigenvalue weighted by Gasteiger charge is 2.40. The molecule has 0 spiro atoms. The summed E-state index contributed by atoms with van der Waals surface area (Å²) in [5, 5.41) is 38.8. The molecule has 0 aliphatic heterocycles. The molecule has 3 heterocycles. The predicted molar refractivity (Wildman–Crippen MR) is 577 cm³/mol. The van der Waals surface area contributed by atoms with Crippen molar-refractivity contribution in [2.75, 3.05) is 6.61 Å². The molecule has 3 aromatic heterocycles. The number of nitrogens with one attached hydrogen (secondary N) is 3. The minimum atomic E-state index is -0.329. The topological polar surface area (TPSA) is 190 Å². The Balaban J connectivity index is 0.000000236. The Hall–Kier alpha value is -6.48. The Morgan fingerprint density at radius 3 is 0.977 bits per heavy atom. The van der Waals surface area contributed by atoms with E-state index < -0.39 is 0 Å². The van der Waals surface area contributed by atoms with Crippen molar-refractivity contribution in [3.63, 3.8) is 0 Å². The summed E-state index contributed by atoms with van der Waals surface area (Å²) in [5.41, 5.74) is 13.1. The highest BCUT2D eigenvalue weighted by molar-refractivity contribution is 8.01. The SMILES string of the molecule is CCC(C)c1ccc(CSc2n[nH]c(=S)s2)cc1.CCC(C)c1ccc(CSc2n[nH]c(=S)s2)cc1.CCC(C)c1ccc(CSc2n[nH]c(=S)s2)cc1.CCC(C)c1ccc(O)cc1.CCC(C)c1ccc(O)cc1.CCC(C)c1ccc(OC(C)OC2CCCCC2)cc1.CCC(C)c1ccc(OC(C)OCCC2CCCCC2)cc1.CCC1(OC(=O)C(C)(C)CC)CCCC1. The molecule has 0 saturated heterocycles. The zero-order valence-corrected chi connectivity index (χ0v) is 91.0. The lowest BCUT2D eigenvalue weighted by atomic mass is 9.87. The maximum Gasteiger partial charge on any atom is 0.312 e. The molecule has 3 aliphatic rings. The largest absolute Gasteiger partial charge is 0.508 e. The number of ether oxygens (including phenoxy) is 5. The van der Waals surface area contributed by atoms with Crippen molar-refractivity contribution in [1.82, 2.24) is 30.6 Å².